The van der Waals surface area contributed by atoms with E-state index in [4.69, 9.17) is 21.1 Å². The zero-order chi connectivity index (χ0) is 23.7. The van der Waals surface area contributed by atoms with Crippen LogP contribution in [0.25, 0.3) is 0 Å². The maximum atomic E-state index is 12.8. The highest BCUT2D eigenvalue weighted by atomic mass is 35.5. The molecule has 0 aromatic heterocycles. The fourth-order valence-electron chi connectivity index (χ4n) is 3.88. The lowest BCUT2D eigenvalue weighted by molar-refractivity contribution is -0.168. The average molecular weight is 467 g/mol. The van der Waals surface area contributed by atoms with Crippen molar-refractivity contribution in [3.63, 3.8) is 0 Å². The van der Waals surface area contributed by atoms with Crippen molar-refractivity contribution in [2.45, 2.75) is 111 Å². The molecule has 0 spiro atoms. The van der Waals surface area contributed by atoms with Crippen LogP contribution < -0.4 is 4.74 Å². The summed E-state index contributed by atoms with van der Waals surface area (Å²) in [4.78, 5) is 25.6. The molecule has 1 aromatic rings. The summed E-state index contributed by atoms with van der Waals surface area (Å²) < 4.78 is 11.0. The quantitative estimate of drug-likeness (QED) is 0.0944. The van der Waals surface area contributed by atoms with Crippen LogP contribution in [-0.2, 0) is 14.3 Å². The van der Waals surface area contributed by atoms with Crippen molar-refractivity contribution in [2.24, 2.45) is 5.41 Å². The van der Waals surface area contributed by atoms with Crippen LogP contribution in [0.1, 0.15) is 111 Å². The summed E-state index contributed by atoms with van der Waals surface area (Å²) in [7, 11) is 0. The number of unbranched alkanes of at least 4 members (excludes halogenated alkanes) is 11. The Hall–Kier alpha value is -1.55. The van der Waals surface area contributed by atoms with E-state index in [1.54, 1.807) is 24.3 Å². The molecule has 0 heterocycles. The number of carbonyl (C=O) groups excluding carboxylic acids is 2. The Balaban J connectivity index is 2.27. The first-order valence-corrected chi connectivity index (χ1v) is 13.0. The molecule has 32 heavy (non-hydrogen) atoms. The molecule has 0 radical (unpaired) electrons. The monoisotopic (exact) mass is 466 g/mol. The fourth-order valence-corrected chi connectivity index (χ4v) is 4.06. The van der Waals surface area contributed by atoms with Crippen molar-refractivity contribution in [3.8, 4) is 5.75 Å². The summed E-state index contributed by atoms with van der Waals surface area (Å²) in [5.74, 6) is -0.836. The molecule has 0 N–H and O–H groups in total. The first kappa shape index (κ1) is 28.5. The number of hydrogen-bond acceptors (Lipinski definition) is 4. The fraction of sp³-hybridized carbons (Fsp3) is 0.704. The first-order chi connectivity index (χ1) is 15.5. The molecule has 0 atom stereocenters. The summed E-state index contributed by atoms with van der Waals surface area (Å²) in [5.41, 5.74) is -1.30. The Bertz CT molecular complexity index is 655. The highest BCUT2D eigenvalue weighted by Gasteiger charge is 2.46. The predicted molar refractivity (Wildman–Crippen MR) is 132 cm³/mol. The van der Waals surface area contributed by atoms with Gasteiger partial charge in [0.2, 0.25) is 0 Å². The van der Waals surface area contributed by atoms with Crippen molar-refractivity contribution >= 4 is 23.5 Å². The van der Waals surface area contributed by atoms with Gasteiger partial charge < -0.3 is 9.47 Å². The Labute approximate surface area is 200 Å². The molecule has 0 unspecified atom stereocenters. The predicted octanol–water partition coefficient (Wildman–Crippen LogP) is 8.30. The summed E-state index contributed by atoms with van der Waals surface area (Å²) in [6.07, 6.45) is 15.7. The van der Waals surface area contributed by atoms with Gasteiger partial charge in [-0.05, 0) is 31.4 Å². The van der Waals surface area contributed by atoms with E-state index in [-0.39, 0.29) is 5.75 Å². The minimum atomic E-state index is -1.30. The van der Waals surface area contributed by atoms with Gasteiger partial charge in [-0.15, -0.1) is 0 Å². The number of carbonyl (C=O) groups is 2. The molecule has 0 amide bonds. The van der Waals surface area contributed by atoms with Gasteiger partial charge >= 0.3 is 11.9 Å². The highest BCUT2D eigenvalue weighted by Crippen LogP contribution is 2.33. The minimum Gasteiger partial charge on any atom is -0.465 e. The lowest BCUT2D eigenvalue weighted by Crippen LogP contribution is -2.42. The number of ether oxygens (including phenoxy) is 2. The molecule has 0 fully saturated rings. The summed E-state index contributed by atoms with van der Waals surface area (Å²) in [6, 6.07) is 6.76. The van der Waals surface area contributed by atoms with Gasteiger partial charge in [-0.2, -0.15) is 0 Å². The number of para-hydroxylation sites is 1. The van der Waals surface area contributed by atoms with Crippen molar-refractivity contribution in [1.82, 2.24) is 0 Å². The third kappa shape index (κ3) is 9.94. The zero-order valence-electron chi connectivity index (χ0n) is 20.4. The lowest BCUT2D eigenvalue weighted by Gasteiger charge is -2.27. The zero-order valence-corrected chi connectivity index (χ0v) is 21.2. The standard InChI is InChI=1S/C27H43ClO4/c1-4-7-8-9-10-11-12-13-14-15-16-19-22-31-25(29)27(5-2,6-3)26(30)32-24-21-18-17-20-23(24)28/h17-18,20-21H,4-16,19,22H2,1-3H3. The van der Waals surface area contributed by atoms with Crippen LogP contribution in [0.5, 0.6) is 5.75 Å². The second kappa shape index (κ2) is 17.0. The Morgan fingerprint density at radius 3 is 1.75 bits per heavy atom. The van der Waals surface area contributed by atoms with Gasteiger partial charge in [0.1, 0.15) is 5.75 Å². The molecule has 4 nitrogen and oxygen atoms in total. The largest absolute Gasteiger partial charge is 0.465 e. The van der Waals surface area contributed by atoms with Crippen LogP contribution in [-0.4, -0.2) is 18.5 Å². The summed E-state index contributed by atoms with van der Waals surface area (Å²) >= 11 is 6.09. The van der Waals surface area contributed by atoms with Crippen molar-refractivity contribution in [1.29, 1.82) is 0 Å². The number of rotatable bonds is 18. The van der Waals surface area contributed by atoms with Crippen molar-refractivity contribution < 1.29 is 19.1 Å². The Kier molecular flexibility index (Phi) is 15.1. The van der Waals surface area contributed by atoms with Crippen molar-refractivity contribution in [2.75, 3.05) is 6.61 Å². The second-order valence-electron chi connectivity index (χ2n) is 8.63. The van der Waals surface area contributed by atoms with Gasteiger partial charge in [0, 0.05) is 0 Å². The summed E-state index contributed by atoms with van der Waals surface area (Å²) in [5, 5.41) is 0.340. The molecule has 0 aliphatic carbocycles. The SMILES string of the molecule is CCCCCCCCCCCCCCOC(=O)C(CC)(CC)C(=O)Oc1ccccc1Cl. The number of halogens is 1. The topological polar surface area (TPSA) is 52.6 Å². The van der Waals surface area contributed by atoms with Gasteiger partial charge in [0.25, 0.3) is 0 Å². The Morgan fingerprint density at radius 2 is 1.25 bits per heavy atom. The smallest absolute Gasteiger partial charge is 0.328 e. The van der Waals surface area contributed by atoms with Crippen LogP contribution in [0.15, 0.2) is 24.3 Å². The van der Waals surface area contributed by atoms with Crippen LogP contribution in [0.2, 0.25) is 5.02 Å². The molecule has 5 heteroatoms. The molecule has 1 rings (SSSR count). The van der Waals surface area contributed by atoms with Gasteiger partial charge in [-0.25, -0.2) is 0 Å². The maximum absolute atomic E-state index is 12.8. The lowest BCUT2D eigenvalue weighted by atomic mass is 9.82. The van der Waals surface area contributed by atoms with E-state index in [1.165, 1.54) is 57.8 Å². The number of hydrogen-bond donors (Lipinski definition) is 0. The molecule has 0 aliphatic rings. The van der Waals surface area contributed by atoms with E-state index >= 15 is 0 Å². The molecule has 0 saturated heterocycles. The van der Waals surface area contributed by atoms with E-state index in [0.717, 1.165) is 19.3 Å². The van der Waals surface area contributed by atoms with Gasteiger partial charge in [0.05, 0.1) is 11.6 Å². The highest BCUT2D eigenvalue weighted by molar-refractivity contribution is 6.32. The minimum absolute atomic E-state index is 0.263. The molecule has 0 bridgehead atoms. The first-order valence-electron chi connectivity index (χ1n) is 12.7. The molecular formula is C27H43ClO4. The molecular weight excluding hydrogens is 424 g/mol. The van der Waals surface area contributed by atoms with Crippen LogP contribution in [0.3, 0.4) is 0 Å². The Morgan fingerprint density at radius 1 is 0.750 bits per heavy atom. The normalized spacial score (nSPS) is 11.4. The average Bonchev–Trinajstić information content (AvgIpc) is 2.79. The number of esters is 2. The van der Waals surface area contributed by atoms with Crippen LogP contribution in [0, 0.1) is 5.41 Å². The van der Waals surface area contributed by atoms with E-state index in [2.05, 4.69) is 6.92 Å². The molecule has 0 aliphatic heterocycles. The van der Waals surface area contributed by atoms with E-state index in [0.29, 0.717) is 24.5 Å². The third-order valence-electron chi connectivity index (χ3n) is 6.26. The molecule has 1 aromatic carbocycles. The summed E-state index contributed by atoms with van der Waals surface area (Å²) in [6.45, 7) is 6.21. The third-order valence-corrected chi connectivity index (χ3v) is 6.57. The van der Waals surface area contributed by atoms with E-state index < -0.39 is 17.4 Å². The van der Waals surface area contributed by atoms with E-state index in [9.17, 15) is 9.59 Å². The second-order valence-corrected chi connectivity index (χ2v) is 9.04. The van der Waals surface area contributed by atoms with Crippen molar-refractivity contribution in [3.05, 3.63) is 29.3 Å². The van der Waals surface area contributed by atoms with Gasteiger partial charge in [-0.1, -0.05) is 115 Å². The van der Waals surface area contributed by atoms with E-state index in [1.807, 2.05) is 13.8 Å². The molecule has 182 valence electrons. The van der Waals surface area contributed by atoms with Crippen LogP contribution >= 0.6 is 11.6 Å². The van der Waals surface area contributed by atoms with Gasteiger partial charge in [-0.3, -0.25) is 9.59 Å². The maximum Gasteiger partial charge on any atom is 0.328 e. The number of benzene rings is 1. The van der Waals surface area contributed by atoms with Gasteiger partial charge in [0.15, 0.2) is 5.41 Å². The van der Waals surface area contributed by atoms with Crippen LogP contribution in [0.4, 0.5) is 0 Å². The molecule has 0 saturated carbocycles.